The standard InChI is InChI=1S/C12H8BrCl2IS/c1-6-4-10(17-12(6)15)11(14)8-5-7(13)2-3-9(8)16/h2-5,11H,1H3. The second kappa shape index (κ2) is 5.78. The Kier molecular flexibility index (Phi) is 4.80. The molecule has 0 bridgehead atoms. The molecule has 0 aliphatic rings. The Morgan fingerprint density at radius 2 is 2.06 bits per heavy atom. The van der Waals surface area contributed by atoms with Crippen molar-refractivity contribution in [3.8, 4) is 0 Å². The zero-order valence-electron chi connectivity index (χ0n) is 8.81. The Morgan fingerprint density at radius 3 is 2.65 bits per heavy atom. The summed E-state index contributed by atoms with van der Waals surface area (Å²) in [5.74, 6) is 0. The first kappa shape index (κ1) is 14.1. The molecule has 0 radical (unpaired) electrons. The van der Waals surface area contributed by atoms with Crippen LogP contribution in [-0.4, -0.2) is 0 Å². The van der Waals surface area contributed by atoms with Gasteiger partial charge in [-0.1, -0.05) is 27.5 Å². The Balaban J connectivity index is 2.42. The molecule has 0 spiro atoms. The highest BCUT2D eigenvalue weighted by Gasteiger charge is 2.17. The molecule has 0 aliphatic heterocycles. The van der Waals surface area contributed by atoms with Gasteiger partial charge in [0.1, 0.15) is 0 Å². The first-order valence-electron chi connectivity index (χ1n) is 4.84. The van der Waals surface area contributed by atoms with Crippen LogP contribution in [-0.2, 0) is 0 Å². The molecule has 1 unspecified atom stereocenters. The summed E-state index contributed by atoms with van der Waals surface area (Å²) in [6, 6.07) is 8.18. The van der Waals surface area contributed by atoms with Crippen LogP contribution in [0, 0.1) is 10.5 Å². The summed E-state index contributed by atoms with van der Waals surface area (Å²) in [7, 11) is 0. The van der Waals surface area contributed by atoms with Crippen LogP contribution in [0.1, 0.15) is 21.4 Å². The highest BCUT2D eigenvalue weighted by Crippen LogP contribution is 2.39. The summed E-state index contributed by atoms with van der Waals surface area (Å²) in [5, 5.41) is -0.143. The minimum Gasteiger partial charge on any atom is -0.126 e. The van der Waals surface area contributed by atoms with E-state index in [4.69, 9.17) is 23.2 Å². The fraction of sp³-hybridized carbons (Fsp3) is 0.167. The summed E-state index contributed by atoms with van der Waals surface area (Å²) >= 11 is 19.9. The number of halogens is 4. The highest BCUT2D eigenvalue weighted by atomic mass is 127. The lowest BCUT2D eigenvalue weighted by Crippen LogP contribution is -1.93. The van der Waals surface area contributed by atoms with Crippen LogP contribution in [0.15, 0.2) is 28.7 Å². The van der Waals surface area contributed by atoms with Crippen molar-refractivity contribution in [2.75, 3.05) is 0 Å². The number of thiophene rings is 1. The minimum atomic E-state index is -0.143. The van der Waals surface area contributed by atoms with Crippen LogP contribution >= 0.6 is 73.1 Å². The second-order valence-electron chi connectivity index (χ2n) is 3.63. The first-order chi connectivity index (χ1) is 7.99. The van der Waals surface area contributed by atoms with Gasteiger partial charge in [0.2, 0.25) is 0 Å². The maximum atomic E-state index is 6.52. The van der Waals surface area contributed by atoms with Crippen LogP contribution in [0.5, 0.6) is 0 Å². The zero-order valence-corrected chi connectivity index (χ0v) is 14.9. The van der Waals surface area contributed by atoms with Crippen molar-refractivity contribution in [1.29, 1.82) is 0 Å². The van der Waals surface area contributed by atoms with Gasteiger partial charge >= 0.3 is 0 Å². The van der Waals surface area contributed by atoms with Crippen molar-refractivity contribution in [3.63, 3.8) is 0 Å². The molecule has 17 heavy (non-hydrogen) atoms. The van der Waals surface area contributed by atoms with Gasteiger partial charge in [0.15, 0.2) is 0 Å². The van der Waals surface area contributed by atoms with Crippen LogP contribution in [0.4, 0.5) is 0 Å². The van der Waals surface area contributed by atoms with Gasteiger partial charge in [-0.3, -0.25) is 0 Å². The van der Waals surface area contributed by atoms with Crippen molar-refractivity contribution in [2.24, 2.45) is 0 Å². The third-order valence-corrected chi connectivity index (χ3v) is 6.05. The van der Waals surface area contributed by atoms with E-state index in [1.807, 2.05) is 13.0 Å². The normalized spacial score (nSPS) is 12.8. The summed E-state index contributed by atoms with van der Waals surface area (Å²) in [5.41, 5.74) is 2.20. The van der Waals surface area contributed by atoms with Gasteiger partial charge in [-0.25, -0.2) is 0 Å². The van der Waals surface area contributed by atoms with Crippen molar-refractivity contribution < 1.29 is 0 Å². The Morgan fingerprint density at radius 1 is 1.35 bits per heavy atom. The molecule has 1 aromatic carbocycles. The molecule has 1 aromatic heterocycles. The fourth-order valence-corrected chi connectivity index (χ4v) is 4.27. The molecule has 0 saturated carbocycles. The third-order valence-electron chi connectivity index (χ3n) is 2.36. The monoisotopic (exact) mass is 460 g/mol. The van der Waals surface area contributed by atoms with E-state index in [1.54, 1.807) is 11.3 Å². The van der Waals surface area contributed by atoms with Crippen LogP contribution in [0.25, 0.3) is 0 Å². The van der Waals surface area contributed by atoms with Gasteiger partial charge in [0.25, 0.3) is 0 Å². The lowest BCUT2D eigenvalue weighted by atomic mass is 10.1. The predicted molar refractivity (Wildman–Crippen MR) is 88.6 cm³/mol. The predicted octanol–water partition coefficient (Wildman–Crippen LogP) is 6.41. The summed E-state index contributed by atoms with van der Waals surface area (Å²) < 4.78 is 3.02. The number of aryl methyl sites for hydroxylation is 1. The topological polar surface area (TPSA) is 0 Å². The summed E-state index contributed by atoms with van der Waals surface area (Å²) in [4.78, 5) is 1.09. The van der Waals surface area contributed by atoms with Crippen LogP contribution in [0.3, 0.4) is 0 Å². The van der Waals surface area contributed by atoms with E-state index in [2.05, 4.69) is 56.7 Å². The van der Waals surface area contributed by atoms with Crippen molar-refractivity contribution >= 4 is 73.1 Å². The molecule has 1 heterocycles. The quantitative estimate of drug-likeness (QED) is 0.358. The zero-order chi connectivity index (χ0) is 12.6. The number of hydrogen-bond donors (Lipinski definition) is 0. The molecule has 0 N–H and O–H groups in total. The molecule has 0 nitrogen and oxygen atoms in total. The van der Waals surface area contributed by atoms with Gasteiger partial charge in [-0.15, -0.1) is 22.9 Å². The molecule has 0 saturated heterocycles. The number of hydrogen-bond acceptors (Lipinski definition) is 1. The van der Waals surface area contributed by atoms with Crippen LogP contribution < -0.4 is 0 Å². The molecule has 5 heteroatoms. The van der Waals surface area contributed by atoms with Crippen LogP contribution in [0.2, 0.25) is 4.34 Å². The van der Waals surface area contributed by atoms with Gasteiger partial charge in [0, 0.05) is 12.9 Å². The largest absolute Gasteiger partial charge is 0.126 e. The smallest absolute Gasteiger partial charge is 0.0960 e. The van der Waals surface area contributed by atoms with E-state index < -0.39 is 0 Å². The number of alkyl halides is 1. The third kappa shape index (κ3) is 3.18. The Bertz CT molecular complexity index is 534. The van der Waals surface area contributed by atoms with Crippen molar-refractivity contribution in [1.82, 2.24) is 0 Å². The maximum Gasteiger partial charge on any atom is 0.0960 e. The molecule has 0 fully saturated rings. The SMILES string of the molecule is Cc1cc(C(Cl)c2cc(Br)ccc2I)sc1Cl. The van der Waals surface area contributed by atoms with Crippen molar-refractivity contribution in [2.45, 2.75) is 12.3 Å². The first-order valence-corrected chi connectivity index (χ1v) is 8.34. The maximum absolute atomic E-state index is 6.52. The number of rotatable bonds is 2. The minimum absolute atomic E-state index is 0.143. The highest BCUT2D eigenvalue weighted by molar-refractivity contribution is 14.1. The average molecular weight is 462 g/mol. The molecule has 2 aromatic rings. The molecule has 0 aliphatic carbocycles. The Labute approximate surface area is 137 Å². The summed E-state index contributed by atoms with van der Waals surface area (Å²) in [6.45, 7) is 2.00. The molecule has 2 rings (SSSR count). The fourth-order valence-electron chi connectivity index (χ4n) is 1.47. The van der Waals surface area contributed by atoms with Gasteiger partial charge < -0.3 is 0 Å². The summed E-state index contributed by atoms with van der Waals surface area (Å²) in [6.07, 6.45) is 0. The van der Waals surface area contributed by atoms with Gasteiger partial charge in [-0.05, 0) is 64.9 Å². The molecule has 90 valence electrons. The second-order valence-corrected chi connectivity index (χ2v) is 7.83. The lowest BCUT2D eigenvalue weighted by Gasteiger charge is -2.10. The molecule has 1 atom stereocenters. The van der Waals surface area contributed by atoms with E-state index in [0.29, 0.717) is 0 Å². The lowest BCUT2D eigenvalue weighted by molar-refractivity contribution is 1.16. The van der Waals surface area contributed by atoms with E-state index in [9.17, 15) is 0 Å². The molecule has 0 amide bonds. The Hall–Kier alpha value is 0.710. The number of benzene rings is 1. The van der Waals surface area contributed by atoms with E-state index >= 15 is 0 Å². The van der Waals surface area contributed by atoms with E-state index in [0.717, 1.165) is 28.4 Å². The van der Waals surface area contributed by atoms with Gasteiger partial charge in [-0.2, -0.15) is 0 Å². The molecular formula is C12H8BrCl2IS. The van der Waals surface area contributed by atoms with Crippen molar-refractivity contribution in [3.05, 3.63) is 52.6 Å². The molecular weight excluding hydrogens is 454 g/mol. The van der Waals surface area contributed by atoms with Gasteiger partial charge in [0.05, 0.1) is 9.71 Å². The van der Waals surface area contributed by atoms with E-state index in [-0.39, 0.29) is 5.38 Å². The van der Waals surface area contributed by atoms with E-state index in [1.165, 1.54) is 0 Å². The average Bonchev–Trinajstić information content (AvgIpc) is 2.62.